The predicted octanol–water partition coefficient (Wildman–Crippen LogP) is 2.16. The van der Waals surface area contributed by atoms with Gasteiger partial charge in [0.2, 0.25) is 5.92 Å². The zero-order chi connectivity index (χ0) is 12.5. The Morgan fingerprint density at radius 2 is 2.29 bits per heavy atom. The molecule has 3 nitrogen and oxygen atoms in total. The van der Waals surface area contributed by atoms with Crippen LogP contribution in [-0.4, -0.2) is 24.0 Å². The Labute approximate surface area is 99.6 Å². The summed E-state index contributed by atoms with van der Waals surface area (Å²) in [5, 5.41) is 0. The largest absolute Gasteiger partial charge is 0.356 e. The van der Waals surface area contributed by atoms with Gasteiger partial charge in [-0.3, -0.25) is 0 Å². The monoisotopic (exact) mass is 241 g/mol. The van der Waals surface area contributed by atoms with Crippen LogP contribution >= 0.6 is 0 Å². The summed E-state index contributed by atoms with van der Waals surface area (Å²) < 4.78 is 26.3. The molecule has 0 amide bonds. The van der Waals surface area contributed by atoms with Gasteiger partial charge in [-0.2, -0.15) is 0 Å². The number of rotatable bonds is 3. The molecule has 0 bridgehead atoms. The first-order valence-electron chi connectivity index (χ1n) is 5.77. The van der Waals surface area contributed by atoms with Crippen molar-refractivity contribution in [1.29, 1.82) is 0 Å². The number of anilines is 1. The molecule has 1 aliphatic carbocycles. The lowest BCUT2D eigenvalue weighted by molar-refractivity contribution is 0.00786. The van der Waals surface area contributed by atoms with Crippen LogP contribution in [0.5, 0.6) is 0 Å². The maximum Gasteiger partial charge on any atom is 0.250 e. The average Bonchev–Trinajstić information content (AvgIpc) is 2.69. The maximum atomic E-state index is 13.1. The normalized spacial score (nSPS) is 22.7. The molecule has 0 aliphatic heterocycles. The van der Waals surface area contributed by atoms with Crippen molar-refractivity contribution in [3.63, 3.8) is 0 Å². The average molecular weight is 241 g/mol. The number of hydrogen-bond donors (Lipinski definition) is 1. The van der Waals surface area contributed by atoms with Crippen LogP contribution in [-0.2, 0) is 6.54 Å². The van der Waals surface area contributed by atoms with E-state index in [1.165, 1.54) is 0 Å². The molecule has 0 radical (unpaired) electrons. The van der Waals surface area contributed by atoms with E-state index in [4.69, 9.17) is 5.73 Å². The quantitative estimate of drug-likeness (QED) is 0.881. The number of alkyl halides is 2. The Balaban J connectivity index is 2.06. The summed E-state index contributed by atoms with van der Waals surface area (Å²) in [5.41, 5.74) is 6.42. The molecule has 94 valence electrons. The van der Waals surface area contributed by atoms with Gasteiger partial charge >= 0.3 is 0 Å². The number of hydrogen-bond acceptors (Lipinski definition) is 3. The van der Waals surface area contributed by atoms with Crippen molar-refractivity contribution in [3.05, 3.63) is 23.9 Å². The molecule has 5 heteroatoms. The van der Waals surface area contributed by atoms with E-state index in [1.807, 2.05) is 24.1 Å². The van der Waals surface area contributed by atoms with Crippen LogP contribution in [0.25, 0.3) is 0 Å². The number of aromatic nitrogens is 1. The summed E-state index contributed by atoms with van der Waals surface area (Å²) in [5.74, 6) is -1.79. The van der Waals surface area contributed by atoms with E-state index in [-0.39, 0.29) is 18.9 Å². The lowest BCUT2D eigenvalue weighted by Gasteiger charge is -2.25. The predicted molar refractivity (Wildman–Crippen MR) is 63.1 cm³/mol. The fourth-order valence-corrected chi connectivity index (χ4v) is 2.19. The summed E-state index contributed by atoms with van der Waals surface area (Å²) in [6.07, 6.45) is 2.11. The molecule has 0 unspecified atom stereocenters. The lowest BCUT2D eigenvalue weighted by atomic mass is 10.2. The van der Waals surface area contributed by atoms with Gasteiger partial charge in [0.05, 0.1) is 0 Å². The molecule has 0 aromatic carbocycles. The molecule has 1 atom stereocenters. The van der Waals surface area contributed by atoms with Gasteiger partial charge in [0.1, 0.15) is 5.82 Å². The second-order valence-corrected chi connectivity index (χ2v) is 4.59. The number of halogens is 2. The van der Waals surface area contributed by atoms with Crippen molar-refractivity contribution in [2.24, 2.45) is 5.73 Å². The lowest BCUT2D eigenvalue weighted by Crippen LogP contribution is -2.31. The Hall–Kier alpha value is -1.23. The highest BCUT2D eigenvalue weighted by Crippen LogP contribution is 2.37. The minimum Gasteiger partial charge on any atom is -0.356 e. The summed E-state index contributed by atoms with van der Waals surface area (Å²) in [7, 11) is 1.82. The van der Waals surface area contributed by atoms with Crippen LogP contribution in [0.3, 0.4) is 0 Å². The van der Waals surface area contributed by atoms with Crippen molar-refractivity contribution in [2.45, 2.75) is 37.8 Å². The highest BCUT2D eigenvalue weighted by Gasteiger charge is 2.41. The van der Waals surface area contributed by atoms with Crippen LogP contribution < -0.4 is 10.6 Å². The molecule has 1 saturated carbocycles. The molecular weight excluding hydrogens is 224 g/mol. The van der Waals surface area contributed by atoms with E-state index in [0.717, 1.165) is 11.4 Å². The van der Waals surface area contributed by atoms with E-state index in [9.17, 15) is 8.78 Å². The Kier molecular flexibility index (Phi) is 3.28. The molecule has 1 aromatic rings. The molecule has 0 saturated heterocycles. The van der Waals surface area contributed by atoms with Crippen molar-refractivity contribution in [3.8, 4) is 0 Å². The van der Waals surface area contributed by atoms with Crippen LogP contribution in [0.2, 0.25) is 0 Å². The van der Waals surface area contributed by atoms with Gasteiger partial charge in [0, 0.05) is 38.7 Å². The standard InChI is InChI=1S/C12H17F2N3/c1-17(10-4-5-12(13,14)6-10)11-3-2-9(7-15)8-16-11/h2-3,8,10H,4-7,15H2,1H3/t10-/m0/s1. The molecule has 17 heavy (non-hydrogen) atoms. The molecule has 0 spiro atoms. The molecule has 1 aromatic heterocycles. The van der Waals surface area contributed by atoms with Gasteiger partial charge in [-0.25, -0.2) is 13.8 Å². The van der Waals surface area contributed by atoms with Gasteiger partial charge in [-0.05, 0) is 18.1 Å². The van der Waals surface area contributed by atoms with Crippen LogP contribution in [0.15, 0.2) is 18.3 Å². The van der Waals surface area contributed by atoms with Crippen molar-refractivity contribution in [1.82, 2.24) is 4.98 Å². The second-order valence-electron chi connectivity index (χ2n) is 4.59. The van der Waals surface area contributed by atoms with Crippen molar-refractivity contribution >= 4 is 5.82 Å². The fourth-order valence-electron chi connectivity index (χ4n) is 2.19. The van der Waals surface area contributed by atoms with Gasteiger partial charge < -0.3 is 10.6 Å². The number of nitrogens with two attached hydrogens (primary N) is 1. The Morgan fingerprint density at radius 3 is 2.76 bits per heavy atom. The van der Waals surface area contributed by atoms with Gasteiger partial charge in [-0.15, -0.1) is 0 Å². The minimum atomic E-state index is -2.52. The fraction of sp³-hybridized carbons (Fsp3) is 0.583. The third-order valence-corrected chi connectivity index (χ3v) is 3.33. The number of nitrogens with zero attached hydrogens (tertiary/aromatic N) is 2. The topological polar surface area (TPSA) is 42.1 Å². The summed E-state index contributed by atoms with van der Waals surface area (Å²) >= 11 is 0. The Bertz CT molecular complexity index is 378. The van der Waals surface area contributed by atoms with Gasteiger partial charge in [0.15, 0.2) is 0 Å². The maximum absolute atomic E-state index is 13.1. The zero-order valence-corrected chi connectivity index (χ0v) is 9.87. The third kappa shape index (κ3) is 2.72. The molecule has 1 aliphatic rings. The zero-order valence-electron chi connectivity index (χ0n) is 9.87. The summed E-state index contributed by atoms with van der Waals surface area (Å²) in [6.45, 7) is 0.443. The van der Waals surface area contributed by atoms with E-state index in [1.54, 1.807) is 6.20 Å². The highest BCUT2D eigenvalue weighted by atomic mass is 19.3. The smallest absolute Gasteiger partial charge is 0.250 e. The Morgan fingerprint density at radius 1 is 1.53 bits per heavy atom. The van der Waals surface area contributed by atoms with Gasteiger partial charge in [0.25, 0.3) is 0 Å². The second kappa shape index (κ2) is 4.56. The molecular formula is C12H17F2N3. The number of pyridine rings is 1. The van der Waals surface area contributed by atoms with Crippen LogP contribution in [0.1, 0.15) is 24.8 Å². The first-order valence-corrected chi connectivity index (χ1v) is 5.77. The summed E-state index contributed by atoms with van der Waals surface area (Å²) in [4.78, 5) is 6.08. The molecule has 1 fully saturated rings. The van der Waals surface area contributed by atoms with E-state index in [2.05, 4.69) is 4.98 Å². The first-order chi connectivity index (χ1) is 8.02. The van der Waals surface area contributed by atoms with E-state index in [0.29, 0.717) is 13.0 Å². The SMILES string of the molecule is CN(c1ccc(CN)cn1)[C@H]1CCC(F)(F)C1. The van der Waals surface area contributed by atoms with Crippen molar-refractivity contribution in [2.75, 3.05) is 11.9 Å². The highest BCUT2D eigenvalue weighted by molar-refractivity contribution is 5.40. The minimum absolute atomic E-state index is 0.0249. The molecule has 2 rings (SSSR count). The van der Waals surface area contributed by atoms with Crippen LogP contribution in [0.4, 0.5) is 14.6 Å². The molecule has 1 heterocycles. The third-order valence-electron chi connectivity index (χ3n) is 3.33. The van der Waals surface area contributed by atoms with Gasteiger partial charge in [-0.1, -0.05) is 6.07 Å². The van der Waals surface area contributed by atoms with Crippen LogP contribution in [0, 0.1) is 0 Å². The summed E-state index contributed by atoms with van der Waals surface area (Å²) in [6, 6.07) is 3.59. The van der Waals surface area contributed by atoms with E-state index >= 15 is 0 Å². The molecule has 2 N–H and O–H groups in total. The van der Waals surface area contributed by atoms with E-state index < -0.39 is 5.92 Å². The first kappa shape index (κ1) is 12.2. The van der Waals surface area contributed by atoms with Crippen molar-refractivity contribution < 1.29 is 8.78 Å².